The highest BCUT2D eigenvalue weighted by Gasteiger charge is 2.35. The second kappa shape index (κ2) is 4.32. The van der Waals surface area contributed by atoms with Crippen molar-refractivity contribution >= 4 is 23.2 Å². The number of hydrogen-bond donors (Lipinski definition) is 1. The van der Waals surface area contributed by atoms with E-state index in [0.29, 0.717) is 10.0 Å². The topological polar surface area (TPSA) is 12.0 Å². The lowest BCUT2D eigenvalue weighted by Gasteiger charge is -2.30. The van der Waals surface area contributed by atoms with E-state index in [9.17, 15) is 0 Å². The smallest absolute Gasteiger partial charge is 0.0642 e. The van der Waals surface area contributed by atoms with Gasteiger partial charge in [0.25, 0.3) is 0 Å². The van der Waals surface area contributed by atoms with Gasteiger partial charge >= 0.3 is 0 Å². The normalized spacial score (nSPS) is 19.4. The highest BCUT2D eigenvalue weighted by Crippen LogP contribution is 2.43. The average Bonchev–Trinajstić information content (AvgIpc) is 2.72. The Morgan fingerprint density at radius 3 is 2.47 bits per heavy atom. The van der Waals surface area contributed by atoms with E-state index in [1.54, 1.807) is 0 Å². The van der Waals surface area contributed by atoms with E-state index >= 15 is 0 Å². The van der Waals surface area contributed by atoms with Gasteiger partial charge in [-0.2, -0.15) is 0 Å². The molecular weight excluding hydrogens is 229 g/mol. The summed E-state index contributed by atoms with van der Waals surface area (Å²) in [6.07, 6.45) is 4.79. The van der Waals surface area contributed by atoms with Gasteiger partial charge in [0.15, 0.2) is 0 Å². The summed E-state index contributed by atoms with van der Waals surface area (Å²) in [5, 5.41) is 4.77. The Bertz CT molecular complexity index is 357. The maximum atomic E-state index is 6.27. The summed E-state index contributed by atoms with van der Waals surface area (Å²) in [5.41, 5.74) is 1.19. The van der Waals surface area contributed by atoms with Crippen molar-refractivity contribution in [3.8, 4) is 0 Å². The van der Waals surface area contributed by atoms with Gasteiger partial charge in [-0.25, -0.2) is 0 Å². The molecule has 0 spiro atoms. The molecule has 15 heavy (non-hydrogen) atoms. The van der Waals surface area contributed by atoms with Crippen LogP contribution in [0.3, 0.4) is 0 Å². The van der Waals surface area contributed by atoms with Crippen molar-refractivity contribution in [2.24, 2.45) is 0 Å². The van der Waals surface area contributed by atoms with Crippen LogP contribution in [-0.4, -0.2) is 7.05 Å². The number of nitrogens with one attached hydrogen (secondary N) is 1. The maximum Gasteiger partial charge on any atom is 0.0642 e. The standard InChI is InChI=1S/C12H15Cl2N/c1-15-12(7-2-3-8-12)9-5-4-6-10(13)11(9)14/h4-6,15H,2-3,7-8H2,1H3. The van der Waals surface area contributed by atoms with E-state index in [0.717, 1.165) is 18.4 Å². The number of hydrogen-bond acceptors (Lipinski definition) is 1. The van der Waals surface area contributed by atoms with Gasteiger partial charge in [-0.1, -0.05) is 48.2 Å². The SMILES string of the molecule is CNC1(c2cccc(Cl)c2Cl)CCCC1. The monoisotopic (exact) mass is 243 g/mol. The van der Waals surface area contributed by atoms with Gasteiger partial charge in [0.05, 0.1) is 10.0 Å². The lowest BCUT2D eigenvalue weighted by Crippen LogP contribution is -2.37. The summed E-state index contributed by atoms with van der Waals surface area (Å²) >= 11 is 12.3. The van der Waals surface area contributed by atoms with E-state index in [4.69, 9.17) is 23.2 Å². The first-order valence-corrected chi connectivity index (χ1v) is 6.09. The van der Waals surface area contributed by atoms with Crippen LogP contribution in [0.25, 0.3) is 0 Å². The zero-order valence-corrected chi connectivity index (χ0v) is 10.3. The van der Waals surface area contributed by atoms with Crippen molar-refractivity contribution in [2.45, 2.75) is 31.2 Å². The summed E-state index contributed by atoms with van der Waals surface area (Å²) in [6, 6.07) is 5.89. The Hall–Kier alpha value is -0.240. The molecular formula is C12H15Cl2N. The number of rotatable bonds is 2. The molecule has 1 aliphatic rings. The predicted molar refractivity (Wildman–Crippen MR) is 65.7 cm³/mol. The minimum absolute atomic E-state index is 0.0436. The summed E-state index contributed by atoms with van der Waals surface area (Å²) < 4.78 is 0. The molecule has 0 heterocycles. The van der Waals surface area contributed by atoms with Crippen LogP contribution in [0.2, 0.25) is 10.0 Å². The lowest BCUT2D eigenvalue weighted by molar-refractivity contribution is 0.373. The summed E-state index contributed by atoms with van der Waals surface area (Å²) in [6.45, 7) is 0. The molecule has 1 aromatic carbocycles. The number of benzene rings is 1. The van der Waals surface area contributed by atoms with Gasteiger partial charge in [0, 0.05) is 5.54 Å². The van der Waals surface area contributed by atoms with Crippen LogP contribution in [0, 0.1) is 0 Å². The molecule has 1 N–H and O–H groups in total. The largest absolute Gasteiger partial charge is 0.310 e. The molecule has 1 nitrogen and oxygen atoms in total. The highest BCUT2D eigenvalue weighted by molar-refractivity contribution is 6.42. The first-order chi connectivity index (χ1) is 7.19. The van der Waals surface area contributed by atoms with E-state index in [1.807, 2.05) is 19.2 Å². The fourth-order valence-corrected chi connectivity index (χ4v) is 2.99. The minimum atomic E-state index is 0.0436. The van der Waals surface area contributed by atoms with Crippen molar-refractivity contribution < 1.29 is 0 Å². The summed E-state index contributed by atoms with van der Waals surface area (Å²) in [5.74, 6) is 0. The molecule has 0 aliphatic heterocycles. The third kappa shape index (κ3) is 1.89. The van der Waals surface area contributed by atoms with Gasteiger partial charge in [-0.3, -0.25) is 0 Å². The Balaban J connectivity index is 2.47. The maximum absolute atomic E-state index is 6.27. The van der Waals surface area contributed by atoms with Gasteiger partial charge in [-0.05, 0) is 31.5 Å². The molecule has 0 aromatic heterocycles. The molecule has 0 unspecified atom stereocenters. The van der Waals surface area contributed by atoms with Gasteiger partial charge in [0.2, 0.25) is 0 Å². The Kier molecular flexibility index (Phi) is 3.24. The van der Waals surface area contributed by atoms with Crippen LogP contribution in [0.15, 0.2) is 18.2 Å². The van der Waals surface area contributed by atoms with E-state index < -0.39 is 0 Å². The van der Waals surface area contributed by atoms with Crippen molar-refractivity contribution in [1.29, 1.82) is 0 Å². The average molecular weight is 244 g/mol. The van der Waals surface area contributed by atoms with Crippen LogP contribution in [-0.2, 0) is 5.54 Å². The molecule has 0 radical (unpaired) electrons. The Morgan fingerprint density at radius 1 is 1.20 bits per heavy atom. The second-order valence-electron chi connectivity index (χ2n) is 4.14. The third-order valence-electron chi connectivity index (χ3n) is 3.40. The molecule has 0 bridgehead atoms. The number of halogens is 2. The summed E-state index contributed by atoms with van der Waals surface area (Å²) in [4.78, 5) is 0. The van der Waals surface area contributed by atoms with E-state index in [1.165, 1.54) is 12.8 Å². The van der Waals surface area contributed by atoms with Crippen molar-refractivity contribution in [3.63, 3.8) is 0 Å². The highest BCUT2D eigenvalue weighted by atomic mass is 35.5. The molecule has 82 valence electrons. The van der Waals surface area contributed by atoms with E-state index in [-0.39, 0.29) is 5.54 Å². The molecule has 1 aromatic rings. The zero-order chi connectivity index (χ0) is 10.9. The molecule has 1 fully saturated rings. The van der Waals surface area contributed by atoms with Gasteiger partial charge < -0.3 is 5.32 Å². The molecule has 0 saturated heterocycles. The zero-order valence-electron chi connectivity index (χ0n) is 8.82. The van der Waals surface area contributed by atoms with E-state index in [2.05, 4.69) is 11.4 Å². The van der Waals surface area contributed by atoms with Gasteiger partial charge in [-0.15, -0.1) is 0 Å². The molecule has 2 rings (SSSR count). The molecule has 3 heteroatoms. The first-order valence-electron chi connectivity index (χ1n) is 5.33. The minimum Gasteiger partial charge on any atom is -0.310 e. The van der Waals surface area contributed by atoms with Crippen LogP contribution >= 0.6 is 23.2 Å². The van der Waals surface area contributed by atoms with Crippen LogP contribution in [0.4, 0.5) is 0 Å². The lowest BCUT2D eigenvalue weighted by atomic mass is 9.88. The Morgan fingerprint density at radius 2 is 1.87 bits per heavy atom. The molecule has 0 atom stereocenters. The quantitative estimate of drug-likeness (QED) is 0.829. The van der Waals surface area contributed by atoms with Crippen LogP contribution in [0.1, 0.15) is 31.2 Å². The van der Waals surface area contributed by atoms with Crippen molar-refractivity contribution in [1.82, 2.24) is 5.32 Å². The van der Waals surface area contributed by atoms with Gasteiger partial charge in [0.1, 0.15) is 0 Å². The fourth-order valence-electron chi connectivity index (χ4n) is 2.51. The first kappa shape index (κ1) is 11.3. The molecule has 1 saturated carbocycles. The fraction of sp³-hybridized carbons (Fsp3) is 0.500. The molecule has 1 aliphatic carbocycles. The predicted octanol–water partition coefficient (Wildman–Crippen LogP) is 3.98. The third-order valence-corrected chi connectivity index (χ3v) is 4.22. The van der Waals surface area contributed by atoms with Crippen molar-refractivity contribution in [2.75, 3.05) is 7.05 Å². The summed E-state index contributed by atoms with van der Waals surface area (Å²) in [7, 11) is 2.00. The van der Waals surface area contributed by atoms with Crippen LogP contribution < -0.4 is 5.32 Å². The van der Waals surface area contributed by atoms with Crippen LogP contribution in [0.5, 0.6) is 0 Å². The van der Waals surface area contributed by atoms with Crippen molar-refractivity contribution in [3.05, 3.63) is 33.8 Å². The molecule has 0 amide bonds. The second-order valence-corrected chi connectivity index (χ2v) is 4.93. The Labute approximate surface area is 101 Å².